The molecule has 1 atom stereocenters. The zero-order chi connectivity index (χ0) is 20.5. The Hall–Kier alpha value is -2.16. The highest BCUT2D eigenvalue weighted by molar-refractivity contribution is 6.32. The molecule has 10 heteroatoms. The van der Waals surface area contributed by atoms with Gasteiger partial charge in [-0.3, -0.25) is 9.78 Å². The van der Waals surface area contributed by atoms with Crippen molar-refractivity contribution in [1.82, 2.24) is 15.1 Å². The van der Waals surface area contributed by atoms with Crippen LogP contribution in [0.1, 0.15) is 54.8 Å². The molecule has 0 saturated heterocycles. The molecule has 0 amide bonds. The van der Waals surface area contributed by atoms with Crippen LogP contribution >= 0.6 is 11.6 Å². The summed E-state index contributed by atoms with van der Waals surface area (Å²) in [4.78, 5) is 21.1. The molecular weight excluding hydrogens is 399 g/mol. The van der Waals surface area contributed by atoms with E-state index in [1.807, 2.05) is 6.92 Å². The van der Waals surface area contributed by atoms with Gasteiger partial charge in [0.1, 0.15) is 16.5 Å². The standard InChI is InChI=1S/C18H19ClF3N3O3/c1-10-24-16(25-28-10)17(2,6-11-3-4-11)7-14(26)13-5-15(12(19)8-23-13)27-9-18(20,21)22/h5,8,11H,3-4,6-7,9H2,1-2H3. The zero-order valence-electron chi connectivity index (χ0n) is 15.3. The third-order valence-electron chi connectivity index (χ3n) is 4.55. The molecule has 0 radical (unpaired) electrons. The lowest BCUT2D eigenvalue weighted by molar-refractivity contribution is -0.153. The largest absolute Gasteiger partial charge is 0.482 e. The van der Waals surface area contributed by atoms with Crippen LogP contribution in [0.25, 0.3) is 0 Å². The Morgan fingerprint density at radius 2 is 2.11 bits per heavy atom. The van der Waals surface area contributed by atoms with Crippen LogP contribution in [0, 0.1) is 12.8 Å². The van der Waals surface area contributed by atoms with E-state index in [-0.39, 0.29) is 28.7 Å². The van der Waals surface area contributed by atoms with Gasteiger partial charge in [-0.15, -0.1) is 0 Å². The van der Waals surface area contributed by atoms with E-state index in [9.17, 15) is 18.0 Å². The fourth-order valence-corrected chi connectivity index (χ4v) is 3.19. The highest BCUT2D eigenvalue weighted by atomic mass is 35.5. The van der Waals surface area contributed by atoms with Crippen LogP contribution in [0.2, 0.25) is 5.02 Å². The third kappa shape index (κ3) is 5.21. The molecule has 2 heterocycles. The number of hydrogen-bond acceptors (Lipinski definition) is 6. The fourth-order valence-electron chi connectivity index (χ4n) is 3.03. The number of hydrogen-bond donors (Lipinski definition) is 0. The van der Waals surface area contributed by atoms with Gasteiger partial charge in [0.25, 0.3) is 0 Å². The normalized spacial score (nSPS) is 16.6. The molecule has 0 aliphatic heterocycles. The zero-order valence-corrected chi connectivity index (χ0v) is 16.1. The second kappa shape index (κ2) is 7.69. The highest BCUT2D eigenvalue weighted by Crippen LogP contribution is 2.43. The second-order valence-corrected chi connectivity index (χ2v) is 7.76. The Bertz CT molecular complexity index is 867. The highest BCUT2D eigenvalue weighted by Gasteiger charge is 2.40. The van der Waals surface area contributed by atoms with Crippen LogP contribution in [0.5, 0.6) is 5.75 Å². The van der Waals surface area contributed by atoms with E-state index in [1.54, 1.807) is 6.92 Å². The number of aryl methyl sites for hydroxylation is 1. The summed E-state index contributed by atoms with van der Waals surface area (Å²) in [5.41, 5.74) is -0.687. The first-order chi connectivity index (χ1) is 13.1. The van der Waals surface area contributed by atoms with Crippen molar-refractivity contribution in [3.8, 4) is 5.75 Å². The van der Waals surface area contributed by atoms with Gasteiger partial charge in [0.05, 0.1) is 6.20 Å². The van der Waals surface area contributed by atoms with E-state index >= 15 is 0 Å². The van der Waals surface area contributed by atoms with Gasteiger partial charge < -0.3 is 9.26 Å². The summed E-state index contributed by atoms with van der Waals surface area (Å²) in [5, 5.41) is 3.87. The second-order valence-electron chi connectivity index (χ2n) is 7.35. The number of ketones is 1. The Morgan fingerprint density at radius 3 is 2.68 bits per heavy atom. The van der Waals surface area contributed by atoms with Crippen molar-refractivity contribution in [2.75, 3.05) is 6.61 Å². The lowest BCUT2D eigenvalue weighted by atomic mass is 9.78. The van der Waals surface area contributed by atoms with Crippen LogP contribution in [0.3, 0.4) is 0 Å². The lowest BCUT2D eigenvalue weighted by Crippen LogP contribution is -2.28. The molecule has 152 valence electrons. The summed E-state index contributed by atoms with van der Waals surface area (Å²) in [5.74, 6) is 0.723. The first-order valence-electron chi connectivity index (χ1n) is 8.75. The Kier molecular flexibility index (Phi) is 5.65. The van der Waals surface area contributed by atoms with Crippen molar-refractivity contribution < 1.29 is 27.2 Å². The molecule has 1 saturated carbocycles. The predicted octanol–water partition coefficient (Wildman–Crippen LogP) is 4.70. The molecule has 6 nitrogen and oxygen atoms in total. The average Bonchev–Trinajstić information content (AvgIpc) is 3.29. The number of carbonyl (C=O) groups is 1. The van der Waals surface area contributed by atoms with Crippen molar-refractivity contribution >= 4 is 17.4 Å². The summed E-state index contributed by atoms with van der Waals surface area (Å²) >= 11 is 5.84. The number of ether oxygens (including phenoxy) is 1. The smallest absolute Gasteiger partial charge is 0.422 e. The number of rotatable bonds is 8. The van der Waals surface area contributed by atoms with Gasteiger partial charge in [0.2, 0.25) is 5.89 Å². The summed E-state index contributed by atoms with van der Waals surface area (Å²) in [7, 11) is 0. The van der Waals surface area contributed by atoms with E-state index in [0.717, 1.165) is 25.1 Å². The molecule has 0 spiro atoms. The SMILES string of the molecule is Cc1nc(C(C)(CC(=O)c2cc(OCC(F)(F)F)c(Cl)cn2)CC2CC2)no1. The molecule has 1 fully saturated rings. The number of halogens is 4. The van der Waals surface area contributed by atoms with Gasteiger partial charge in [-0.1, -0.05) is 36.5 Å². The molecule has 0 aromatic carbocycles. The summed E-state index contributed by atoms with van der Waals surface area (Å²) < 4.78 is 47.0. The number of carbonyl (C=O) groups excluding carboxylic acids is 1. The number of pyridine rings is 1. The Labute approximate surface area is 164 Å². The van der Waals surface area contributed by atoms with Crippen molar-refractivity contribution in [1.29, 1.82) is 0 Å². The molecule has 1 aliphatic carbocycles. The molecular formula is C18H19ClF3N3O3. The molecule has 1 unspecified atom stereocenters. The summed E-state index contributed by atoms with van der Waals surface area (Å²) in [6.45, 7) is 2.04. The van der Waals surface area contributed by atoms with Crippen LogP contribution in [0.4, 0.5) is 13.2 Å². The van der Waals surface area contributed by atoms with Gasteiger partial charge in [0, 0.05) is 24.8 Å². The maximum atomic E-state index is 12.8. The summed E-state index contributed by atoms with van der Waals surface area (Å²) in [6.07, 6.45) is -0.504. The maximum Gasteiger partial charge on any atom is 0.422 e. The minimum absolute atomic E-state index is 0.0242. The van der Waals surface area contributed by atoms with Crippen LogP contribution in [0.15, 0.2) is 16.8 Å². The van der Waals surface area contributed by atoms with E-state index in [1.165, 1.54) is 0 Å². The molecule has 3 rings (SSSR count). The first kappa shape index (κ1) is 20.6. The van der Waals surface area contributed by atoms with Crippen LogP contribution in [-0.4, -0.2) is 33.7 Å². The molecule has 1 aliphatic rings. The maximum absolute atomic E-state index is 12.8. The predicted molar refractivity (Wildman–Crippen MR) is 93.5 cm³/mol. The topological polar surface area (TPSA) is 78.1 Å². The van der Waals surface area contributed by atoms with Gasteiger partial charge in [-0.25, -0.2) is 0 Å². The third-order valence-corrected chi connectivity index (χ3v) is 4.84. The van der Waals surface area contributed by atoms with Crippen molar-refractivity contribution in [2.45, 2.75) is 51.1 Å². The Balaban J connectivity index is 1.80. The monoisotopic (exact) mass is 417 g/mol. The van der Waals surface area contributed by atoms with Gasteiger partial charge in [0.15, 0.2) is 18.2 Å². The number of Topliss-reactive ketones (excluding diaryl/α,β-unsaturated/α-hetero) is 1. The summed E-state index contributed by atoms with van der Waals surface area (Å²) in [6, 6.07) is 1.13. The van der Waals surface area contributed by atoms with E-state index in [2.05, 4.69) is 15.1 Å². The first-order valence-corrected chi connectivity index (χ1v) is 9.13. The minimum atomic E-state index is -4.52. The molecule has 0 N–H and O–H groups in total. The molecule has 28 heavy (non-hydrogen) atoms. The minimum Gasteiger partial charge on any atom is -0.482 e. The van der Waals surface area contributed by atoms with E-state index < -0.39 is 18.2 Å². The van der Waals surface area contributed by atoms with Gasteiger partial charge in [-0.05, 0) is 12.3 Å². The lowest BCUT2D eigenvalue weighted by Gasteiger charge is -2.25. The molecule has 2 aromatic heterocycles. The number of nitrogens with zero attached hydrogens (tertiary/aromatic N) is 3. The van der Waals surface area contributed by atoms with E-state index in [0.29, 0.717) is 24.1 Å². The van der Waals surface area contributed by atoms with Crippen molar-refractivity contribution in [3.63, 3.8) is 0 Å². The number of aromatic nitrogens is 3. The van der Waals surface area contributed by atoms with Gasteiger partial charge >= 0.3 is 6.18 Å². The van der Waals surface area contributed by atoms with E-state index in [4.69, 9.17) is 20.9 Å². The number of alkyl halides is 3. The van der Waals surface area contributed by atoms with Crippen molar-refractivity contribution in [2.24, 2.45) is 5.92 Å². The fraction of sp³-hybridized carbons (Fsp3) is 0.556. The molecule has 2 aromatic rings. The Morgan fingerprint density at radius 1 is 1.39 bits per heavy atom. The molecule has 0 bridgehead atoms. The average molecular weight is 418 g/mol. The van der Waals surface area contributed by atoms with Crippen molar-refractivity contribution in [3.05, 3.63) is 34.7 Å². The van der Waals surface area contributed by atoms with Gasteiger partial charge in [-0.2, -0.15) is 18.2 Å². The van der Waals surface area contributed by atoms with Crippen LogP contribution < -0.4 is 4.74 Å². The van der Waals surface area contributed by atoms with Crippen LogP contribution in [-0.2, 0) is 5.41 Å². The quantitative estimate of drug-likeness (QED) is 0.579.